The summed E-state index contributed by atoms with van der Waals surface area (Å²) in [5, 5.41) is 7.83. The standard InChI is InChI=1S/C15H11F2N3/c16-13-8-4-5-11(15(13)17)9-14-19-18-10-20(14)12-6-2-1-3-7-12/h1-8,10H,9H2. The van der Waals surface area contributed by atoms with Crippen LogP contribution in [0.4, 0.5) is 8.78 Å². The van der Waals surface area contributed by atoms with Crippen LogP contribution in [0.1, 0.15) is 11.4 Å². The predicted molar refractivity (Wildman–Crippen MR) is 70.5 cm³/mol. The van der Waals surface area contributed by atoms with Crippen molar-refractivity contribution >= 4 is 0 Å². The Hall–Kier alpha value is -2.56. The molecule has 0 aliphatic carbocycles. The highest BCUT2D eigenvalue weighted by Gasteiger charge is 2.12. The maximum absolute atomic E-state index is 13.7. The molecule has 0 radical (unpaired) electrons. The van der Waals surface area contributed by atoms with Gasteiger partial charge in [0.25, 0.3) is 0 Å². The predicted octanol–water partition coefficient (Wildman–Crippen LogP) is 3.14. The van der Waals surface area contributed by atoms with Gasteiger partial charge in [-0.2, -0.15) is 0 Å². The molecule has 0 bridgehead atoms. The zero-order chi connectivity index (χ0) is 13.9. The summed E-state index contributed by atoms with van der Waals surface area (Å²) in [6.45, 7) is 0. The zero-order valence-corrected chi connectivity index (χ0v) is 10.5. The normalized spacial score (nSPS) is 10.7. The summed E-state index contributed by atoms with van der Waals surface area (Å²) >= 11 is 0. The Balaban J connectivity index is 1.97. The van der Waals surface area contributed by atoms with Gasteiger partial charge in [-0.1, -0.05) is 30.3 Å². The van der Waals surface area contributed by atoms with Crippen molar-refractivity contribution in [1.82, 2.24) is 14.8 Å². The van der Waals surface area contributed by atoms with Crippen LogP contribution in [-0.2, 0) is 6.42 Å². The van der Waals surface area contributed by atoms with Gasteiger partial charge >= 0.3 is 0 Å². The highest BCUT2D eigenvalue weighted by Crippen LogP contribution is 2.17. The lowest BCUT2D eigenvalue weighted by molar-refractivity contribution is 0.500. The van der Waals surface area contributed by atoms with E-state index in [0.29, 0.717) is 5.82 Å². The van der Waals surface area contributed by atoms with Crippen LogP contribution in [0, 0.1) is 11.6 Å². The second-order valence-electron chi connectivity index (χ2n) is 4.34. The van der Waals surface area contributed by atoms with E-state index >= 15 is 0 Å². The molecule has 5 heteroatoms. The smallest absolute Gasteiger partial charge is 0.162 e. The maximum atomic E-state index is 13.7. The van der Waals surface area contributed by atoms with Crippen molar-refractivity contribution in [2.24, 2.45) is 0 Å². The van der Waals surface area contributed by atoms with Crippen molar-refractivity contribution < 1.29 is 8.78 Å². The van der Waals surface area contributed by atoms with Crippen LogP contribution in [0.25, 0.3) is 5.69 Å². The van der Waals surface area contributed by atoms with Gasteiger partial charge in [0.15, 0.2) is 11.6 Å². The lowest BCUT2D eigenvalue weighted by atomic mass is 10.1. The number of aromatic nitrogens is 3. The van der Waals surface area contributed by atoms with Crippen LogP contribution in [0.15, 0.2) is 54.9 Å². The molecule has 3 aromatic rings. The van der Waals surface area contributed by atoms with Crippen molar-refractivity contribution in [3.63, 3.8) is 0 Å². The maximum Gasteiger partial charge on any atom is 0.162 e. The van der Waals surface area contributed by atoms with Crippen molar-refractivity contribution in [3.8, 4) is 5.69 Å². The molecule has 0 amide bonds. The van der Waals surface area contributed by atoms with E-state index in [1.807, 2.05) is 30.3 Å². The molecule has 3 rings (SSSR count). The summed E-state index contributed by atoms with van der Waals surface area (Å²) in [7, 11) is 0. The topological polar surface area (TPSA) is 30.7 Å². The molecule has 1 aromatic heterocycles. The second-order valence-corrected chi connectivity index (χ2v) is 4.34. The van der Waals surface area contributed by atoms with Crippen molar-refractivity contribution in [2.75, 3.05) is 0 Å². The Morgan fingerprint density at radius 2 is 1.75 bits per heavy atom. The number of hydrogen-bond acceptors (Lipinski definition) is 2. The summed E-state index contributed by atoms with van der Waals surface area (Å²) < 4.78 is 28.7. The van der Waals surface area contributed by atoms with Gasteiger partial charge in [0.2, 0.25) is 0 Å². The van der Waals surface area contributed by atoms with Gasteiger partial charge in [-0.3, -0.25) is 4.57 Å². The van der Waals surface area contributed by atoms with E-state index in [4.69, 9.17) is 0 Å². The first-order valence-electron chi connectivity index (χ1n) is 6.13. The second kappa shape index (κ2) is 5.21. The van der Waals surface area contributed by atoms with Crippen LogP contribution in [0.3, 0.4) is 0 Å². The number of hydrogen-bond donors (Lipinski definition) is 0. The van der Waals surface area contributed by atoms with Crippen LogP contribution >= 0.6 is 0 Å². The molecule has 0 unspecified atom stereocenters. The van der Waals surface area contributed by atoms with Crippen molar-refractivity contribution in [2.45, 2.75) is 6.42 Å². The Labute approximate surface area is 114 Å². The molecule has 20 heavy (non-hydrogen) atoms. The monoisotopic (exact) mass is 271 g/mol. The molecule has 100 valence electrons. The summed E-state index contributed by atoms with van der Waals surface area (Å²) in [5.74, 6) is -1.14. The average molecular weight is 271 g/mol. The largest absolute Gasteiger partial charge is 0.285 e. The first-order valence-corrected chi connectivity index (χ1v) is 6.13. The molecule has 1 heterocycles. The minimum Gasteiger partial charge on any atom is -0.285 e. The van der Waals surface area contributed by atoms with Crippen molar-refractivity contribution in [3.05, 3.63) is 77.9 Å². The van der Waals surface area contributed by atoms with Gasteiger partial charge in [-0.05, 0) is 23.8 Å². The molecule has 0 atom stereocenters. The summed E-state index contributed by atoms with van der Waals surface area (Å²) in [6.07, 6.45) is 1.74. The Kier molecular flexibility index (Phi) is 3.25. The van der Waals surface area contributed by atoms with Crippen LogP contribution < -0.4 is 0 Å². The molecule has 0 fully saturated rings. The summed E-state index contributed by atoms with van der Waals surface area (Å²) in [4.78, 5) is 0. The van der Waals surface area contributed by atoms with E-state index in [1.165, 1.54) is 6.07 Å². The molecule has 0 spiro atoms. The fourth-order valence-electron chi connectivity index (χ4n) is 2.04. The highest BCUT2D eigenvalue weighted by atomic mass is 19.2. The molecule has 0 saturated carbocycles. The fourth-order valence-corrected chi connectivity index (χ4v) is 2.04. The van der Waals surface area contributed by atoms with Gasteiger partial charge in [0, 0.05) is 12.1 Å². The molecule has 0 aliphatic rings. The SMILES string of the molecule is Fc1cccc(Cc2nncn2-c2ccccc2)c1F. The fraction of sp³-hybridized carbons (Fsp3) is 0.0667. The third kappa shape index (κ3) is 2.30. The number of para-hydroxylation sites is 1. The zero-order valence-electron chi connectivity index (χ0n) is 10.5. The van der Waals surface area contributed by atoms with E-state index in [0.717, 1.165) is 11.8 Å². The molecular formula is C15H11F2N3. The van der Waals surface area contributed by atoms with E-state index in [-0.39, 0.29) is 12.0 Å². The van der Waals surface area contributed by atoms with Gasteiger partial charge in [-0.15, -0.1) is 10.2 Å². The van der Waals surface area contributed by atoms with Crippen LogP contribution in [0.2, 0.25) is 0 Å². The molecule has 0 saturated heterocycles. The van der Waals surface area contributed by atoms with Gasteiger partial charge in [0.1, 0.15) is 12.2 Å². The number of halogens is 2. The number of rotatable bonds is 3. The van der Waals surface area contributed by atoms with E-state index in [9.17, 15) is 8.78 Å². The van der Waals surface area contributed by atoms with Gasteiger partial charge in [-0.25, -0.2) is 8.78 Å². The third-order valence-corrected chi connectivity index (χ3v) is 3.03. The Morgan fingerprint density at radius 3 is 2.55 bits per heavy atom. The van der Waals surface area contributed by atoms with Crippen molar-refractivity contribution in [1.29, 1.82) is 0 Å². The van der Waals surface area contributed by atoms with E-state index < -0.39 is 11.6 Å². The quantitative estimate of drug-likeness (QED) is 0.732. The van der Waals surface area contributed by atoms with Gasteiger partial charge < -0.3 is 0 Å². The van der Waals surface area contributed by atoms with E-state index in [1.54, 1.807) is 17.0 Å². The highest BCUT2D eigenvalue weighted by molar-refractivity contribution is 5.33. The van der Waals surface area contributed by atoms with Crippen LogP contribution in [-0.4, -0.2) is 14.8 Å². The average Bonchev–Trinajstić information content (AvgIpc) is 2.93. The first kappa shape index (κ1) is 12.5. The summed E-state index contributed by atoms with van der Waals surface area (Å²) in [5.41, 5.74) is 1.14. The lowest BCUT2D eigenvalue weighted by Crippen LogP contribution is -2.03. The molecule has 3 nitrogen and oxygen atoms in total. The summed E-state index contributed by atoms with van der Waals surface area (Å²) in [6, 6.07) is 13.6. The Morgan fingerprint density at radius 1 is 0.950 bits per heavy atom. The minimum absolute atomic E-state index is 0.179. The molecular weight excluding hydrogens is 260 g/mol. The molecule has 0 aliphatic heterocycles. The first-order chi connectivity index (χ1) is 9.75. The lowest BCUT2D eigenvalue weighted by Gasteiger charge is -2.07. The van der Waals surface area contributed by atoms with Gasteiger partial charge in [0.05, 0.1) is 0 Å². The Bertz CT molecular complexity index is 723. The number of benzene rings is 2. The number of nitrogens with zero attached hydrogens (tertiary/aromatic N) is 3. The third-order valence-electron chi connectivity index (χ3n) is 3.03. The molecule has 2 aromatic carbocycles. The minimum atomic E-state index is -0.853. The molecule has 0 N–H and O–H groups in total. The van der Waals surface area contributed by atoms with E-state index in [2.05, 4.69) is 10.2 Å². The van der Waals surface area contributed by atoms with Crippen LogP contribution in [0.5, 0.6) is 0 Å².